The van der Waals surface area contributed by atoms with Crippen LogP contribution in [0, 0.1) is 11.8 Å². The van der Waals surface area contributed by atoms with Crippen LogP contribution in [0.5, 0.6) is 5.75 Å². The number of nitrogens with one attached hydrogen (secondary N) is 1. The highest BCUT2D eigenvalue weighted by atomic mass is 16.4. The van der Waals surface area contributed by atoms with Gasteiger partial charge in [0.25, 0.3) is 5.56 Å². The molecule has 212 valence electrons. The van der Waals surface area contributed by atoms with Gasteiger partial charge >= 0.3 is 5.97 Å². The molecule has 3 N–H and O–H groups in total. The van der Waals surface area contributed by atoms with Gasteiger partial charge in [-0.15, -0.1) is 0 Å². The van der Waals surface area contributed by atoms with Gasteiger partial charge in [-0.25, -0.2) is 4.79 Å². The average molecular weight is 552 g/mol. The molecule has 0 saturated carbocycles. The number of aromatic nitrogens is 1. The zero-order valence-corrected chi connectivity index (χ0v) is 23.6. The largest absolute Gasteiger partial charge is 0.506 e. The van der Waals surface area contributed by atoms with Gasteiger partial charge in [0.15, 0.2) is 5.56 Å². The molecule has 1 saturated heterocycles. The Kier molecular flexibility index (Phi) is 8.55. The van der Waals surface area contributed by atoms with E-state index in [0.717, 1.165) is 44.0 Å². The van der Waals surface area contributed by atoms with Gasteiger partial charge in [-0.2, -0.15) is 0 Å². The van der Waals surface area contributed by atoms with Crippen molar-refractivity contribution in [3.05, 3.63) is 118 Å². The second-order valence-electron chi connectivity index (χ2n) is 11.0. The van der Waals surface area contributed by atoms with Crippen LogP contribution in [0.15, 0.2) is 89.7 Å². The van der Waals surface area contributed by atoms with Crippen LogP contribution in [0.2, 0.25) is 0 Å². The molecule has 0 amide bonds. The molecule has 1 aliphatic heterocycles. The fraction of sp³-hybridized carbons (Fsp3) is 0.294. The number of H-pyrrole nitrogens is 1. The lowest BCUT2D eigenvalue weighted by Gasteiger charge is -2.27. The van der Waals surface area contributed by atoms with E-state index in [4.69, 9.17) is 0 Å². The van der Waals surface area contributed by atoms with Crippen LogP contribution in [0.3, 0.4) is 0 Å². The molecular formula is C34H37N3O4. The number of rotatable bonds is 10. The highest BCUT2D eigenvalue weighted by Crippen LogP contribution is 2.33. The standard InChI is InChI=1S/C34H37N3O4/c1-3-29-31(35-33(39)30(32(29)38)34(40)41)26-14-16-28(17-15-26)37-18-23(2)27(22-37)21-36(19-24-10-6-4-7-11-24)20-25-12-8-5-9-13-25/h4-17,23,27H,3,18-22H2,1-2H3,(H,40,41)(H2,35,38,39)/t23-,27-/m0/s1. The number of aromatic hydroxyl groups is 1. The Hall–Kier alpha value is -4.36. The molecule has 0 radical (unpaired) electrons. The number of aromatic amines is 1. The maximum atomic E-state index is 12.4. The SMILES string of the molecule is CCc1c(-c2ccc(N3C[C@H](CN(Cc4ccccc4)Cc4ccccc4)[C@@H](C)C3)cc2)[nH]c(=O)c(C(=O)O)c1O. The van der Waals surface area contributed by atoms with E-state index in [1.807, 2.05) is 31.2 Å². The highest BCUT2D eigenvalue weighted by molar-refractivity contribution is 5.92. The molecule has 5 rings (SSSR count). The van der Waals surface area contributed by atoms with Crippen LogP contribution >= 0.6 is 0 Å². The van der Waals surface area contributed by atoms with Gasteiger partial charge in [0.05, 0.1) is 5.69 Å². The average Bonchev–Trinajstić information content (AvgIpc) is 3.33. The third-order valence-electron chi connectivity index (χ3n) is 8.14. The topological polar surface area (TPSA) is 96.9 Å². The van der Waals surface area contributed by atoms with Gasteiger partial charge in [-0.05, 0) is 47.1 Å². The smallest absolute Gasteiger partial charge is 0.345 e. The number of hydrogen-bond acceptors (Lipinski definition) is 5. The summed E-state index contributed by atoms with van der Waals surface area (Å²) >= 11 is 0. The Balaban J connectivity index is 1.32. The molecule has 1 fully saturated rings. The van der Waals surface area contributed by atoms with Crippen molar-refractivity contribution < 1.29 is 15.0 Å². The van der Waals surface area contributed by atoms with E-state index in [1.54, 1.807) is 0 Å². The molecule has 7 heteroatoms. The fourth-order valence-corrected chi connectivity index (χ4v) is 5.94. The van der Waals surface area contributed by atoms with Crippen LogP contribution < -0.4 is 10.5 Å². The van der Waals surface area contributed by atoms with Crippen LogP contribution in [0.1, 0.15) is 40.9 Å². The van der Waals surface area contributed by atoms with Crippen LogP contribution in [-0.4, -0.2) is 45.7 Å². The van der Waals surface area contributed by atoms with E-state index in [0.29, 0.717) is 29.5 Å². The number of aromatic carboxylic acids is 1. The van der Waals surface area contributed by atoms with Crippen molar-refractivity contribution in [1.82, 2.24) is 9.88 Å². The zero-order chi connectivity index (χ0) is 28.9. The predicted octanol–water partition coefficient (Wildman–Crippen LogP) is 5.78. The molecule has 3 aromatic carbocycles. The number of nitrogens with zero attached hydrogens (tertiary/aromatic N) is 2. The lowest BCUT2D eigenvalue weighted by molar-refractivity contribution is 0.0691. The molecule has 41 heavy (non-hydrogen) atoms. The second-order valence-corrected chi connectivity index (χ2v) is 11.0. The Morgan fingerprint density at radius 1 is 0.927 bits per heavy atom. The van der Waals surface area contributed by atoms with Crippen LogP contribution in [-0.2, 0) is 19.5 Å². The minimum Gasteiger partial charge on any atom is -0.506 e. The Morgan fingerprint density at radius 2 is 1.51 bits per heavy atom. The quantitative estimate of drug-likeness (QED) is 0.231. The van der Waals surface area contributed by atoms with Crippen molar-refractivity contribution in [1.29, 1.82) is 0 Å². The first kappa shape index (κ1) is 28.2. The lowest BCUT2D eigenvalue weighted by atomic mass is 9.97. The van der Waals surface area contributed by atoms with Crippen molar-refractivity contribution in [2.45, 2.75) is 33.4 Å². The van der Waals surface area contributed by atoms with Gasteiger partial charge in [0.1, 0.15) is 5.75 Å². The molecule has 1 aromatic heterocycles. The van der Waals surface area contributed by atoms with Crippen molar-refractivity contribution >= 4 is 11.7 Å². The molecule has 2 heterocycles. The Bertz CT molecular complexity index is 1490. The number of carbonyl (C=O) groups is 1. The summed E-state index contributed by atoms with van der Waals surface area (Å²) in [4.78, 5) is 31.5. The van der Waals surface area contributed by atoms with E-state index in [9.17, 15) is 19.8 Å². The highest BCUT2D eigenvalue weighted by Gasteiger charge is 2.31. The molecule has 0 spiro atoms. The summed E-state index contributed by atoms with van der Waals surface area (Å²) < 4.78 is 0. The molecule has 0 aliphatic carbocycles. The molecule has 4 aromatic rings. The normalized spacial score (nSPS) is 16.8. The summed E-state index contributed by atoms with van der Waals surface area (Å²) in [6, 6.07) is 29.2. The van der Waals surface area contributed by atoms with Crippen molar-refractivity contribution in [3.8, 4) is 17.0 Å². The van der Waals surface area contributed by atoms with Gasteiger partial charge in [-0.3, -0.25) is 9.69 Å². The lowest BCUT2D eigenvalue weighted by Crippen LogP contribution is -2.32. The van der Waals surface area contributed by atoms with Crippen molar-refractivity contribution in [3.63, 3.8) is 0 Å². The number of hydrogen-bond donors (Lipinski definition) is 3. The summed E-state index contributed by atoms with van der Waals surface area (Å²) in [5.74, 6) is -0.878. The number of anilines is 1. The molecule has 1 aliphatic rings. The van der Waals surface area contributed by atoms with Crippen LogP contribution in [0.4, 0.5) is 5.69 Å². The van der Waals surface area contributed by atoms with E-state index in [-0.39, 0.29) is 0 Å². The third-order valence-corrected chi connectivity index (χ3v) is 8.14. The van der Waals surface area contributed by atoms with Gasteiger partial charge in [-0.1, -0.05) is 86.6 Å². The summed E-state index contributed by atoms with van der Waals surface area (Å²) in [5.41, 5.74) is 3.91. The Labute approximate surface area is 240 Å². The maximum absolute atomic E-state index is 12.4. The molecular weight excluding hydrogens is 514 g/mol. The van der Waals surface area contributed by atoms with Gasteiger partial charge in [0, 0.05) is 44.0 Å². The number of carboxylic acids is 1. The summed E-state index contributed by atoms with van der Waals surface area (Å²) in [7, 11) is 0. The number of benzene rings is 3. The second kappa shape index (κ2) is 12.4. The van der Waals surface area contributed by atoms with E-state index >= 15 is 0 Å². The van der Waals surface area contributed by atoms with E-state index in [1.165, 1.54) is 11.1 Å². The van der Waals surface area contributed by atoms with Gasteiger partial charge in [0.2, 0.25) is 0 Å². The monoisotopic (exact) mass is 551 g/mol. The molecule has 0 bridgehead atoms. The van der Waals surface area contributed by atoms with Crippen molar-refractivity contribution in [2.75, 3.05) is 24.5 Å². The molecule has 7 nitrogen and oxygen atoms in total. The van der Waals surface area contributed by atoms with Gasteiger partial charge < -0.3 is 20.1 Å². The summed E-state index contributed by atoms with van der Waals surface area (Å²) in [6.45, 7) is 8.86. The predicted molar refractivity (Wildman–Crippen MR) is 162 cm³/mol. The van der Waals surface area contributed by atoms with Crippen molar-refractivity contribution in [2.24, 2.45) is 11.8 Å². The van der Waals surface area contributed by atoms with Crippen LogP contribution in [0.25, 0.3) is 11.3 Å². The number of carboxylic acid groups (broad SMARTS) is 1. The third kappa shape index (κ3) is 6.36. The Morgan fingerprint density at radius 3 is 2.05 bits per heavy atom. The van der Waals surface area contributed by atoms with E-state index < -0.39 is 22.8 Å². The minimum atomic E-state index is -1.44. The van der Waals surface area contributed by atoms with E-state index in [2.05, 4.69) is 82.4 Å². The minimum absolute atomic E-state index is 0.383. The summed E-state index contributed by atoms with van der Waals surface area (Å²) in [6.07, 6.45) is 0.383. The zero-order valence-electron chi connectivity index (χ0n) is 23.6. The summed E-state index contributed by atoms with van der Waals surface area (Å²) in [5, 5.41) is 19.9. The molecule has 2 atom stereocenters. The first-order valence-electron chi connectivity index (χ1n) is 14.2. The first-order valence-corrected chi connectivity index (χ1v) is 14.2. The maximum Gasteiger partial charge on any atom is 0.345 e. The first-order chi connectivity index (χ1) is 19.8. The molecule has 0 unspecified atom stereocenters. The number of pyridine rings is 1. The fourth-order valence-electron chi connectivity index (χ4n) is 5.94.